The molecule has 6 heteroatoms. The third-order valence-corrected chi connectivity index (χ3v) is 4.33. The van der Waals surface area contributed by atoms with Crippen LogP contribution in [0.15, 0.2) is 91.0 Å². The van der Waals surface area contributed by atoms with Gasteiger partial charge in [0.15, 0.2) is 0 Å². The topological polar surface area (TPSA) is 62.2 Å². The van der Waals surface area contributed by atoms with Crippen LogP contribution in [0.3, 0.4) is 0 Å². The van der Waals surface area contributed by atoms with Crippen molar-refractivity contribution in [1.82, 2.24) is 4.90 Å². The molecule has 3 aromatic carbocycles. The van der Waals surface area contributed by atoms with E-state index in [0.717, 1.165) is 6.54 Å². The van der Waals surface area contributed by atoms with Gasteiger partial charge in [-0.05, 0) is 43.9 Å². The number of benzene rings is 3. The molecule has 0 unspecified atom stereocenters. The van der Waals surface area contributed by atoms with Gasteiger partial charge in [0.25, 0.3) is 0 Å². The lowest BCUT2D eigenvalue weighted by Gasteiger charge is -2.18. The predicted octanol–water partition coefficient (Wildman–Crippen LogP) is 3.31. The van der Waals surface area contributed by atoms with Gasteiger partial charge in [-0.1, -0.05) is 66.7 Å². The first-order valence-corrected chi connectivity index (χ1v) is 10.3. The Kier molecular flexibility index (Phi) is 8.03. The third-order valence-electron chi connectivity index (χ3n) is 3.33. The number of hydrogen-bond acceptors (Lipinski definition) is 5. The summed E-state index contributed by atoms with van der Waals surface area (Å²) < 4.78 is 10.1. The van der Waals surface area contributed by atoms with Crippen LogP contribution in [0.2, 0.25) is 0 Å². The van der Waals surface area contributed by atoms with E-state index < -0.39 is 9.05 Å². The molecule has 2 N–H and O–H groups in total. The molecule has 0 saturated heterocycles. The van der Waals surface area contributed by atoms with Gasteiger partial charge < -0.3 is 23.3 Å². The second kappa shape index (κ2) is 10.5. The zero-order valence-electron chi connectivity index (χ0n) is 15.5. The van der Waals surface area contributed by atoms with Crippen molar-refractivity contribution in [2.24, 2.45) is 0 Å². The van der Waals surface area contributed by atoms with Crippen LogP contribution in [0.4, 0.5) is 0 Å². The first kappa shape index (κ1) is 20.7. The average molecular weight is 384 g/mol. The van der Waals surface area contributed by atoms with Gasteiger partial charge in [-0.25, -0.2) is 0 Å². The molecular weight excluding hydrogens is 358 g/mol. The fourth-order valence-electron chi connectivity index (χ4n) is 2.25. The van der Waals surface area contributed by atoms with Gasteiger partial charge in [-0.2, -0.15) is 0 Å². The summed E-state index contributed by atoms with van der Waals surface area (Å²) in [7, 11) is -0.0322. The Hall–Kier alpha value is -2.64. The normalized spacial score (nSPS) is 10.7. The molecule has 0 aliphatic carbocycles. The van der Waals surface area contributed by atoms with E-state index in [1.54, 1.807) is 48.5 Å². The number of hydrogen-bond donors (Lipinski definition) is 2. The van der Waals surface area contributed by atoms with Gasteiger partial charge in [0.2, 0.25) is 0 Å². The van der Waals surface area contributed by atoms with Crippen molar-refractivity contribution in [1.29, 1.82) is 0 Å². The summed E-state index contributed by atoms with van der Waals surface area (Å²) in [6.07, 6.45) is 0. The molecule has 5 nitrogen and oxygen atoms in total. The zero-order valence-corrected chi connectivity index (χ0v) is 16.5. The van der Waals surface area contributed by atoms with Crippen molar-refractivity contribution in [3.63, 3.8) is 0 Å². The van der Waals surface area contributed by atoms with Gasteiger partial charge in [0, 0.05) is 6.54 Å². The zero-order chi connectivity index (χ0) is 19.5. The van der Waals surface area contributed by atoms with E-state index in [0.29, 0.717) is 11.5 Å². The smallest absolute Gasteiger partial charge is 0.471 e. The molecular formula is C21H25NO4Si. The molecule has 0 atom stereocenters. The quantitative estimate of drug-likeness (QED) is 0.640. The second-order valence-corrected chi connectivity index (χ2v) is 7.61. The maximum absolute atomic E-state index is 9.67. The van der Waals surface area contributed by atoms with Crippen LogP contribution in [0.25, 0.3) is 0 Å². The van der Waals surface area contributed by atoms with Crippen LogP contribution < -0.4 is 8.85 Å². The second-order valence-electron chi connectivity index (χ2n) is 6.10. The lowest BCUT2D eigenvalue weighted by Crippen LogP contribution is -2.49. The summed E-state index contributed by atoms with van der Waals surface area (Å²) in [5, 5.41) is 0. The van der Waals surface area contributed by atoms with Crippen molar-refractivity contribution in [3.8, 4) is 11.5 Å². The maximum atomic E-state index is 9.67. The summed E-state index contributed by atoms with van der Waals surface area (Å²) in [6, 6.07) is 27.5. The maximum Gasteiger partial charge on any atom is 0.815 e. The van der Waals surface area contributed by atoms with Crippen LogP contribution in [0.1, 0.15) is 5.56 Å². The van der Waals surface area contributed by atoms with Crippen LogP contribution in [-0.2, 0) is 6.54 Å². The highest BCUT2D eigenvalue weighted by molar-refractivity contribution is 6.52. The lowest BCUT2D eigenvalue weighted by atomic mass is 10.2. The molecule has 0 spiro atoms. The number of rotatable bonds is 6. The Morgan fingerprint density at radius 2 is 1.04 bits per heavy atom. The van der Waals surface area contributed by atoms with Gasteiger partial charge >= 0.3 is 9.05 Å². The summed E-state index contributed by atoms with van der Waals surface area (Å²) in [4.78, 5) is 21.5. The highest BCUT2D eigenvalue weighted by atomic mass is 28.4. The molecule has 27 heavy (non-hydrogen) atoms. The molecule has 3 aromatic rings. The Balaban J connectivity index is 0.000000223. The molecule has 0 aliphatic rings. The summed E-state index contributed by atoms with van der Waals surface area (Å²) in [5.74, 6) is 0.722. The van der Waals surface area contributed by atoms with E-state index in [1.165, 1.54) is 5.56 Å². The lowest BCUT2D eigenvalue weighted by molar-refractivity contribution is 0.139. The van der Waals surface area contributed by atoms with Crippen molar-refractivity contribution in [2.45, 2.75) is 6.54 Å². The van der Waals surface area contributed by atoms with Crippen molar-refractivity contribution < 1.29 is 18.4 Å². The molecule has 0 heterocycles. The van der Waals surface area contributed by atoms with Gasteiger partial charge in [0.05, 0.1) is 0 Å². The van der Waals surface area contributed by atoms with Crippen LogP contribution >= 0.6 is 0 Å². The van der Waals surface area contributed by atoms with Gasteiger partial charge in [-0.3, -0.25) is 0 Å². The molecule has 0 amide bonds. The summed E-state index contributed by atoms with van der Waals surface area (Å²) in [6.45, 7) is 1.03. The minimum Gasteiger partial charge on any atom is -0.471 e. The molecule has 0 bridgehead atoms. The molecule has 0 aliphatic heterocycles. The van der Waals surface area contributed by atoms with Crippen molar-refractivity contribution >= 4 is 9.05 Å². The average Bonchev–Trinajstić information content (AvgIpc) is 2.63. The first-order valence-electron chi connectivity index (χ1n) is 8.56. The highest BCUT2D eigenvalue weighted by Crippen LogP contribution is 2.16. The Morgan fingerprint density at radius 3 is 1.41 bits per heavy atom. The van der Waals surface area contributed by atoms with Crippen molar-refractivity contribution in [2.75, 3.05) is 14.1 Å². The first-order chi connectivity index (χ1) is 12.9. The molecule has 142 valence electrons. The highest BCUT2D eigenvalue weighted by Gasteiger charge is 2.42. The van der Waals surface area contributed by atoms with Crippen LogP contribution in [0.5, 0.6) is 11.5 Å². The SMILES string of the molecule is CN(C)Cc1ccccc1.O[Si](O)(Oc1ccccc1)Oc1ccccc1. The van der Waals surface area contributed by atoms with E-state index in [-0.39, 0.29) is 0 Å². The monoisotopic (exact) mass is 383 g/mol. The van der Waals surface area contributed by atoms with Crippen LogP contribution in [0, 0.1) is 0 Å². The Morgan fingerprint density at radius 1 is 0.667 bits per heavy atom. The van der Waals surface area contributed by atoms with Crippen molar-refractivity contribution in [3.05, 3.63) is 96.6 Å². The Labute approximate surface area is 161 Å². The Bertz CT molecular complexity index is 724. The fourth-order valence-corrected chi connectivity index (χ4v) is 3.18. The van der Waals surface area contributed by atoms with E-state index >= 15 is 0 Å². The molecule has 0 saturated carbocycles. The molecule has 0 radical (unpaired) electrons. The number of nitrogens with zero attached hydrogens (tertiary/aromatic N) is 1. The summed E-state index contributed by atoms with van der Waals surface area (Å²) in [5.41, 5.74) is 1.37. The molecule has 0 aromatic heterocycles. The van der Waals surface area contributed by atoms with E-state index in [1.807, 2.05) is 18.2 Å². The largest absolute Gasteiger partial charge is 0.815 e. The summed E-state index contributed by atoms with van der Waals surface area (Å²) >= 11 is 0. The minimum atomic E-state index is -4.18. The van der Waals surface area contributed by atoms with Gasteiger partial charge in [-0.15, -0.1) is 0 Å². The standard InChI is InChI=1S/C12H12O4Si.C9H13N/c13-17(14,15-11-7-3-1-4-8-11)16-12-9-5-2-6-10-12;1-10(2)8-9-6-4-3-5-7-9/h1-10,13-14H;3-7H,8H2,1-2H3. The molecule has 3 rings (SSSR count). The third kappa shape index (κ3) is 8.52. The van der Waals surface area contributed by atoms with E-state index in [9.17, 15) is 9.59 Å². The van der Waals surface area contributed by atoms with E-state index in [2.05, 4.69) is 43.3 Å². The van der Waals surface area contributed by atoms with Gasteiger partial charge in [0.1, 0.15) is 11.5 Å². The minimum absolute atomic E-state index is 0.361. The predicted molar refractivity (Wildman–Crippen MR) is 108 cm³/mol. The number of para-hydroxylation sites is 2. The fraction of sp³-hybridized carbons (Fsp3) is 0.143. The van der Waals surface area contributed by atoms with E-state index in [4.69, 9.17) is 8.85 Å². The van der Waals surface area contributed by atoms with Crippen LogP contribution in [-0.4, -0.2) is 37.6 Å². The molecule has 0 fully saturated rings.